The molecule has 0 aliphatic rings. The average Bonchev–Trinajstić information content (AvgIpc) is 2.56. The van der Waals surface area contributed by atoms with Crippen molar-refractivity contribution in [2.45, 2.75) is 6.92 Å². The molecule has 2 aromatic carbocycles. The standard InChI is InChI=1S/C15H12Cl2N4O4/c1-8-2-3-9(6-13(8)21(24)25)14(22)19-20-15(23)18-10-4-5-11(16)12(17)7-10/h2-7H,1H3,(H,19,22)(H2,18,20,23). The van der Waals surface area contributed by atoms with Crippen LogP contribution in [0.25, 0.3) is 0 Å². The third kappa shape index (κ3) is 4.82. The minimum atomic E-state index is -0.728. The molecule has 0 radical (unpaired) electrons. The van der Waals surface area contributed by atoms with Gasteiger partial charge in [0.1, 0.15) is 0 Å². The van der Waals surface area contributed by atoms with Gasteiger partial charge in [-0.05, 0) is 31.2 Å². The SMILES string of the molecule is Cc1ccc(C(=O)NNC(=O)Nc2ccc(Cl)c(Cl)c2)cc1[N+](=O)[O-]. The molecule has 130 valence electrons. The monoisotopic (exact) mass is 382 g/mol. The maximum atomic E-state index is 12.0. The summed E-state index contributed by atoms with van der Waals surface area (Å²) in [6.07, 6.45) is 0. The van der Waals surface area contributed by atoms with E-state index < -0.39 is 16.9 Å². The molecule has 25 heavy (non-hydrogen) atoms. The molecule has 10 heteroatoms. The quantitative estimate of drug-likeness (QED) is 0.554. The third-order valence-corrected chi connectivity index (χ3v) is 3.87. The van der Waals surface area contributed by atoms with E-state index in [4.69, 9.17) is 23.2 Å². The number of nitrogens with one attached hydrogen (secondary N) is 3. The molecule has 0 fully saturated rings. The highest BCUT2D eigenvalue weighted by Crippen LogP contribution is 2.24. The Morgan fingerprint density at radius 2 is 1.76 bits per heavy atom. The van der Waals surface area contributed by atoms with Gasteiger partial charge in [0, 0.05) is 22.9 Å². The van der Waals surface area contributed by atoms with Gasteiger partial charge in [0.2, 0.25) is 0 Å². The lowest BCUT2D eigenvalue weighted by atomic mass is 10.1. The molecule has 0 aromatic heterocycles. The number of benzene rings is 2. The number of anilines is 1. The van der Waals surface area contributed by atoms with E-state index in [1.807, 2.05) is 0 Å². The molecule has 0 saturated heterocycles. The fourth-order valence-electron chi connectivity index (χ4n) is 1.87. The van der Waals surface area contributed by atoms with Crippen molar-refractivity contribution in [1.29, 1.82) is 0 Å². The molecule has 0 saturated carbocycles. The van der Waals surface area contributed by atoms with Crippen molar-refractivity contribution < 1.29 is 14.5 Å². The third-order valence-electron chi connectivity index (χ3n) is 3.14. The number of hydrogen-bond acceptors (Lipinski definition) is 4. The van der Waals surface area contributed by atoms with Gasteiger partial charge in [-0.15, -0.1) is 0 Å². The molecule has 0 spiro atoms. The molecule has 0 aliphatic carbocycles. The number of halogens is 2. The number of nitro groups is 1. The zero-order chi connectivity index (χ0) is 18.6. The van der Waals surface area contributed by atoms with Gasteiger partial charge in [-0.25, -0.2) is 10.2 Å². The Kier molecular flexibility index (Phi) is 5.79. The van der Waals surface area contributed by atoms with Gasteiger partial charge in [0.25, 0.3) is 11.6 Å². The van der Waals surface area contributed by atoms with E-state index in [9.17, 15) is 19.7 Å². The summed E-state index contributed by atoms with van der Waals surface area (Å²) in [5, 5.41) is 13.9. The van der Waals surface area contributed by atoms with Crippen molar-refractivity contribution in [2.75, 3.05) is 5.32 Å². The van der Waals surface area contributed by atoms with Crippen LogP contribution in [0.15, 0.2) is 36.4 Å². The van der Waals surface area contributed by atoms with Crippen LogP contribution in [0.3, 0.4) is 0 Å². The zero-order valence-electron chi connectivity index (χ0n) is 12.8. The second-order valence-corrected chi connectivity index (χ2v) is 5.73. The van der Waals surface area contributed by atoms with Crippen molar-refractivity contribution in [3.63, 3.8) is 0 Å². The van der Waals surface area contributed by atoms with Crippen LogP contribution in [-0.4, -0.2) is 16.9 Å². The molecule has 0 unspecified atom stereocenters. The molecule has 0 atom stereocenters. The van der Waals surface area contributed by atoms with Crippen LogP contribution in [0.2, 0.25) is 10.0 Å². The molecular weight excluding hydrogens is 371 g/mol. The zero-order valence-corrected chi connectivity index (χ0v) is 14.3. The highest BCUT2D eigenvalue weighted by atomic mass is 35.5. The van der Waals surface area contributed by atoms with Gasteiger partial charge in [0.15, 0.2) is 0 Å². The largest absolute Gasteiger partial charge is 0.337 e. The Hall–Kier alpha value is -2.84. The molecule has 0 aliphatic heterocycles. The van der Waals surface area contributed by atoms with E-state index in [1.54, 1.807) is 6.92 Å². The van der Waals surface area contributed by atoms with Crippen molar-refractivity contribution >= 4 is 46.5 Å². The van der Waals surface area contributed by atoms with E-state index in [0.29, 0.717) is 16.3 Å². The first-order chi connectivity index (χ1) is 11.8. The van der Waals surface area contributed by atoms with Crippen LogP contribution in [0.4, 0.5) is 16.2 Å². The molecule has 0 heterocycles. The second kappa shape index (κ2) is 7.82. The topological polar surface area (TPSA) is 113 Å². The van der Waals surface area contributed by atoms with Crippen LogP contribution in [0.5, 0.6) is 0 Å². The minimum absolute atomic E-state index is 0.0344. The summed E-state index contributed by atoms with van der Waals surface area (Å²) in [4.78, 5) is 34.0. The Bertz CT molecular complexity index is 857. The van der Waals surface area contributed by atoms with Crippen LogP contribution >= 0.6 is 23.2 Å². The molecule has 3 amide bonds. The summed E-state index contributed by atoms with van der Waals surface area (Å²) in [6, 6.07) is 7.73. The first-order valence-corrected chi connectivity index (χ1v) is 7.61. The number of nitro benzene ring substituents is 1. The Morgan fingerprint density at radius 3 is 2.40 bits per heavy atom. The van der Waals surface area contributed by atoms with E-state index >= 15 is 0 Å². The molecule has 0 bridgehead atoms. The normalized spacial score (nSPS) is 10.0. The van der Waals surface area contributed by atoms with Gasteiger partial charge in [-0.1, -0.05) is 29.3 Å². The minimum Gasteiger partial charge on any atom is -0.307 e. The first-order valence-electron chi connectivity index (χ1n) is 6.85. The summed E-state index contributed by atoms with van der Waals surface area (Å²) < 4.78 is 0. The highest BCUT2D eigenvalue weighted by molar-refractivity contribution is 6.42. The van der Waals surface area contributed by atoms with Crippen molar-refractivity contribution in [2.24, 2.45) is 0 Å². The lowest BCUT2D eigenvalue weighted by Gasteiger charge is -2.10. The summed E-state index contributed by atoms with van der Waals surface area (Å²) in [5.41, 5.74) is 4.92. The Morgan fingerprint density at radius 1 is 1.04 bits per heavy atom. The molecule has 2 rings (SSSR count). The van der Waals surface area contributed by atoms with E-state index in [-0.39, 0.29) is 16.3 Å². The maximum Gasteiger partial charge on any atom is 0.337 e. The van der Waals surface area contributed by atoms with Crippen molar-refractivity contribution in [1.82, 2.24) is 10.9 Å². The number of urea groups is 1. The lowest BCUT2D eigenvalue weighted by Crippen LogP contribution is -2.43. The predicted molar refractivity (Wildman–Crippen MR) is 93.9 cm³/mol. The number of aryl methyl sites for hydroxylation is 1. The van der Waals surface area contributed by atoms with Gasteiger partial charge < -0.3 is 5.32 Å². The lowest BCUT2D eigenvalue weighted by molar-refractivity contribution is -0.385. The van der Waals surface area contributed by atoms with Crippen LogP contribution in [0, 0.1) is 17.0 Å². The van der Waals surface area contributed by atoms with Gasteiger partial charge in [0.05, 0.1) is 15.0 Å². The van der Waals surface area contributed by atoms with E-state index in [0.717, 1.165) is 6.07 Å². The van der Waals surface area contributed by atoms with Gasteiger partial charge in [-0.2, -0.15) is 0 Å². The summed E-state index contributed by atoms with van der Waals surface area (Å²) >= 11 is 11.6. The number of hydrogen-bond donors (Lipinski definition) is 3. The van der Waals surface area contributed by atoms with Gasteiger partial charge >= 0.3 is 6.03 Å². The number of carbonyl (C=O) groups is 2. The molecular formula is C15H12Cl2N4O4. The number of hydrazine groups is 1. The maximum absolute atomic E-state index is 12.0. The summed E-state index contributed by atoms with van der Waals surface area (Å²) in [5.74, 6) is -0.701. The average molecular weight is 383 g/mol. The number of nitrogens with zero attached hydrogens (tertiary/aromatic N) is 1. The molecule has 2 aromatic rings. The summed E-state index contributed by atoms with van der Waals surface area (Å²) in [7, 11) is 0. The fraction of sp³-hybridized carbons (Fsp3) is 0.0667. The molecule has 3 N–H and O–H groups in total. The predicted octanol–water partition coefficient (Wildman–Crippen LogP) is 3.68. The van der Waals surface area contributed by atoms with Crippen LogP contribution in [-0.2, 0) is 0 Å². The fourth-order valence-corrected chi connectivity index (χ4v) is 2.17. The van der Waals surface area contributed by atoms with Gasteiger partial charge in [-0.3, -0.25) is 20.3 Å². The highest BCUT2D eigenvalue weighted by Gasteiger charge is 2.15. The second-order valence-electron chi connectivity index (χ2n) is 4.92. The van der Waals surface area contributed by atoms with E-state index in [1.165, 1.54) is 30.3 Å². The Labute approximate surface area is 152 Å². The smallest absolute Gasteiger partial charge is 0.307 e. The molecule has 8 nitrogen and oxygen atoms in total. The first kappa shape index (κ1) is 18.5. The van der Waals surface area contributed by atoms with Crippen LogP contribution < -0.4 is 16.2 Å². The summed E-state index contributed by atoms with van der Waals surface area (Å²) in [6.45, 7) is 1.56. The number of carbonyl (C=O) groups excluding carboxylic acids is 2. The van der Waals surface area contributed by atoms with Crippen molar-refractivity contribution in [3.8, 4) is 0 Å². The van der Waals surface area contributed by atoms with E-state index in [2.05, 4.69) is 16.2 Å². The number of amides is 3. The Balaban J connectivity index is 1.97. The number of rotatable bonds is 3. The van der Waals surface area contributed by atoms with Crippen molar-refractivity contribution in [3.05, 3.63) is 67.7 Å². The van der Waals surface area contributed by atoms with Crippen LogP contribution in [0.1, 0.15) is 15.9 Å².